The Labute approximate surface area is 110 Å². The maximum absolute atomic E-state index is 5.32. The van der Waals surface area contributed by atoms with E-state index >= 15 is 0 Å². The van der Waals surface area contributed by atoms with Crippen molar-refractivity contribution >= 4 is 5.69 Å². The minimum absolute atomic E-state index is 0.112. The fraction of sp³-hybridized carbons (Fsp3) is 0.600. The Morgan fingerprint density at radius 2 is 2.11 bits per heavy atom. The summed E-state index contributed by atoms with van der Waals surface area (Å²) >= 11 is 0. The lowest BCUT2D eigenvalue weighted by atomic mass is 10.0. The van der Waals surface area contributed by atoms with E-state index in [0.29, 0.717) is 6.04 Å². The van der Waals surface area contributed by atoms with Crippen molar-refractivity contribution in [2.75, 3.05) is 25.2 Å². The summed E-state index contributed by atoms with van der Waals surface area (Å²) < 4.78 is 5.32. The predicted octanol–water partition coefficient (Wildman–Crippen LogP) is 2.41. The van der Waals surface area contributed by atoms with Gasteiger partial charge in [-0.15, -0.1) is 0 Å². The Hall–Kier alpha value is -1.06. The highest BCUT2D eigenvalue weighted by Crippen LogP contribution is 2.28. The molecule has 1 unspecified atom stereocenters. The second kappa shape index (κ2) is 5.29. The SMILES string of the molecule is COCC(C)N1CC(C)(C)NCc2ccccc21. The Bertz CT molecular complexity index is 403. The van der Waals surface area contributed by atoms with Crippen molar-refractivity contribution in [3.05, 3.63) is 29.8 Å². The average molecular weight is 248 g/mol. The van der Waals surface area contributed by atoms with E-state index in [0.717, 1.165) is 19.7 Å². The molecule has 0 amide bonds. The molecule has 0 saturated heterocycles. The van der Waals surface area contributed by atoms with Crippen molar-refractivity contribution < 1.29 is 4.74 Å². The summed E-state index contributed by atoms with van der Waals surface area (Å²) in [6.07, 6.45) is 0. The molecule has 0 radical (unpaired) electrons. The standard InChI is InChI=1S/C15H24N2O/c1-12(10-18-4)17-11-15(2,3)16-9-13-7-5-6-8-14(13)17/h5-8,12,16H,9-11H2,1-4H3. The highest BCUT2D eigenvalue weighted by atomic mass is 16.5. The molecule has 100 valence electrons. The van der Waals surface area contributed by atoms with E-state index < -0.39 is 0 Å². The normalized spacial score (nSPS) is 20.1. The number of anilines is 1. The summed E-state index contributed by atoms with van der Waals surface area (Å²) in [6, 6.07) is 9.03. The number of fused-ring (bicyclic) bond motifs is 1. The summed E-state index contributed by atoms with van der Waals surface area (Å²) in [7, 11) is 1.77. The molecule has 0 aliphatic carbocycles. The van der Waals surface area contributed by atoms with Gasteiger partial charge in [0.05, 0.1) is 6.61 Å². The first kappa shape index (κ1) is 13.4. The van der Waals surface area contributed by atoms with Gasteiger partial charge in [-0.05, 0) is 32.4 Å². The molecule has 1 aliphatic rings. The molecule has 1 aromatic rings. The quantitative estimate of drug-likeness (QED) is 0.889. The van der Waals surface area contributed by atoms with Crippen LogP contribution in [0.2, 0.25) is 0 Å². The van der Waals surface area contributed by atoms with E-state index in [-0.39, 0.29) is 5.54 Å². The van der Waals surface area contributed by atoms with Crippen LogP contribution in [0.3, 0.4) is 0 Å². The maximum Gasteiger partial charge on any atom is 0.0663 e. The third kappa shape index (κ3) is 2.85. The van der Waals surface area contributed by atoms with Crippen molar-refractivity contribution in [2.24, 2.45) is 0 Å². The maximum atomic E-state index is 5.32. The third-order valence-corrected chi connectivity index (χ3v) is 3.56. The fourth-order valence-corrected chi connectivity index (χ4v) is 2.57. The van der Waals surface area contributed by atoms with Crippen LogP contribution in [0.4, 0.5) is 5.69 Å². The van der Waals surface area contributed by atoms with Crippen LogP contribution >= 0.6 is 0 Å². The van der Waals surface area contributed by atoms with E-state index in [4.69, 9.17) is 4.74 Å². The molecule has 0 bridgehead atoms. The van der Waals surface area contributed by atoms with Crippen molar-refractivity contribution in [3.8, 4) is 0 Å². The Morgan fingerprint density at radius 3 is 2.83 bits per heavy atom. The van der Waals surface area contributed by atoms with Crippen LogP contribution in [0.5, 0.6) is 0 Å². The van der Waals surface area contributed by atoms with Crippen LogP contribution < -0.4 is 10.2 Å². The molecule has 1 N–H and O–H groups in total. The zero-order valence-electron chi connectivity index (χ0n) is 11.9. The summed E-state index contributed by atoms with van der Waals surface area (Å²) in [5, 5.41) is 3.62. The van der Waals surface area contributed by atoms with Crippen molar-refractivity contribution in [2.45, 2.75) is 38.9 Å². The number of methoxy groups -OCH3 is 1. The molecule has 3 nitrogen and oxygen atoms in total. The van der Waals surface area contributed by atoms with E-state index in [1.807, 2.05) is 0 Å². The van der Waals surface area contributed by atoms with E-state index in [9.17, 15) is 0 Å². The lowest BCUT2D eigenvalue weighted by Crippen LogP contribution is -2.50. The second-order valence-corrected chi connectivity index (χ2v) is 5.80. The zero-order valence-corrected chi connectivity index (χ0v) is 11.9. The van der Waals surface area contributed by atoms with Crippen molar-refractivity contribution in [3.63, 3.8) is 0 Å². The number of rotatable bonds is 3. The molecule has 0 saturated carbocycles. The number of nitrogens with zero attached hydrogens (tertiary/aromatic N) is 1. The van der Waals surface area contributed by atoms with Crippen LogP contribution in [0, 0.1) is 0 Å². The summed E-state index contributed by atoms with van der Waals surface area (Å²) in [5.41, 5.74) is 2.81. The van der Waals surface area contributed by atoms with Gasteiger partial charge in [-0.3, -0.25) is 0 Å². The number of hydrogen-bond acceptors (Lipinski definition) is 3. The first-order valence-electron chi connectivity index (χ1n) is 6.62. The average Bonchev–Trinajstić information content (AvgIpc) is 2.47. The van der Waals surface area contributed by atoms with Gasteiger partial charge in [0.15, 0.2) is 0 Å². The van der Waals surface area contributed by atoms with Gasteiger partial charge in [0.2, 0.25) is 0 Å². The van der Waals surface area contributed by atoms with Crippen LogP contribution in [0.1, 0.15) is 26.3 Å². The van der Waals surface area contributed by atoms with Crippen molar-refractivity contribution in [1.82, 2.24) is 5.32 Å². The largest absolute Gasteiger partial charge is 0.383 e. The number of nitrogens with one attached hydrogen (secondary N) is 1. The van der Waals surface area contributed by atoms with Crippen LogP contribution in [0.15, 0.2) is 24.3 Å². The lowest BCUT2D eigenvalue weighted by Gasteiger charge is -2.36. The molecule has 2 rings (SSSR count). The highest BCUT2D eigenvalue weighted by Gasteiger charge is 2.29. The molecule has 0 aromatic heterocycles. The van der Waals surface area contributed by atoms with Crippen LogP contribution in [0.25, 0.3) is 0 Å². The topological polar surface area (TPSA) is 24.5 Å². The van der Waals surface area contributed by atoms with Crippen LogP contribution in [-0.4, -0.2) is 31.8 Å². The highest BCUT2D eigenvalue weighted by molar-refractivity contribution is 5.55. The smallest absolute Gasteiger partial charge is 0.0663 e. The molecule has 1 aliphatic heterocycles. The number of hydrogen-bond donors (Lipinski definition) is 1. The molecule has 1 heterocycles. The third-order valence-electron chi connectivity index (χ3n) is 3.56. The summed E-state index contributed by atoms with van der Waals surface area (Å²) in [4.78, 5) is 2.46. The van der Waals surface area contributed by atoms with Crippen molar-refractivity contribution in [1.29, 1.82) is 0 Å². The summed E-state index contributed by atoms with van der Waals surface area (Å²) in [5.74, 6) is 0. The van der Waals surface area contributed by atoms with Gasteiger partial charge < -0.3 is 15.0 Å². The second-order valence-electron chi connectivity index (χ2n) is 5.80. The van der Waals surface area contributed by atoms with Crippen LogP contribution in [-0.2, 0) is 11.3 Å². The number of benzene rings is 1. The first-order chi connectivity index (χ1) is 8.53. The lowest BCUT2D eigenvalue weighted by molar-refractivity contribution is 0.179. The first-order valence-corrected chi connectivity index (χ1v) is 6.62. The van der Waals surface area contributed by atoms with Gasteiger partial charge in [0.1, 0.15) is 0 Å². The van der Waals surface area contributed by atoms with E-state index in [1.165, 1.54) is 11.3 Å². The minimum Gasteiger partial charge on any atom is -0.383 e. The predicted molar refractivity (Wildman–Crippen MR) is 76.0 cm³/mol. The van der Waals surface area contributed by atoms with Gasteiger partial charge in [0, 0.05) is 37.5 Å². The molecule has 1 aromatic carbocycles. The molecule has 3 heteroatoms. The van der Waals surface area contributed by atoms with E-state index in [2.05, 4.69) is 55.3 Å². The van der Waals surface area contributed by atoms with Gasteiger partial charge in [-0.2, -0.15) is 0 Å². The van der Waals surface area contributed by atoms with Gasteiger partial charge >= 0.3 is 0 Å². The number of ether oxygens (including phenoxy) is 1. The molecule has 0 fully saturated rings. The number of para-hydroxylation sites is 1. The summed E-state index contributed by atoms with van der Waals surface area (Å²) in [6.45, 7) is 9.41. The molecule has 1 atom stereocenters. The van der Waals surface area contributed by atoms with Gasteiger partial charge in [-0.25, -0.2) is 0 Å². The Kier molecular flexibility index (Phi) is 3.93. The molecule has 0 spiro atoms. The minimum atomic E-state index is 0.112. The fourth-order valence-electron chi connectivity index (χ4n) is 2.57. The van der Waals surface area contributed by atoms with Gasteiger partial charge in [-0.1, -0.05) is 18.2 Å². The Balaban J connectivity index is 2.34. The molecule has 18 heavy (non-hydrogen) atoms. The molecular formula is C15H24N2O. The zero-order chi connectivity index (χ0) is 13.2. The Morgan fingerprint density at radius 1 is 1.39 bits per heavy atom. The monoisotopic (exact) mass is 248 g/mol. The van der Waals surface area contributed by atoms with E-state index in [1.54, 1.807) is 7.11 Å². The van der Waals surface area contributed by atoms with Gasteiger partial charge in [0.25, 0.3) is 0 Å². The molecular weight excluding hydrogens is 224 g/mol.